The van der Waals surface area contributed by atoms with E-state index in [1.807, 2.05) is 0 Å². The van der Waals surface area contributed by atoms with Gasteiger partial charge in [-0.2, -0.15) is 0 Å². The summed E-state index contributed by atoms with van der Waals surface area (Å²) in [6.45, 7) is 3.67. The van der Waals surface area contributed by atoms with Crippen LogP contribution in [0.1, 0.15) is 41.8 Å². The standard InChI is InChI=1S/C12H20N2OS/c1-2-10-11(8-13)16-12(14-10)7-9-5-3-4-6-15-9/h9H,2-8,13H2,1H3. The molecule has 1 aliphatic rings. The molecule has 0 amide bonds. The van der Waals surface area contributed by atoms with E-state index >= 15 is 0 Å². The number of thiazole rings is 1. The van der Waals surface area contributed by atoms with Crippen molar-refractivity contribution in [2.24, 2.45) is 5.73 Å². The van der Waals surface area contributed by atoms with Crippen molar-refractivity contribution in [1.82, 2.24) is 4.98 Å². The second-order valence-corrected chi connectivity index (χ2v) is 5.40. The van der Waals surface area contributed by atoms with Crippen LogP contribution < -0.4 is 5.73 Å². The number of ether oxygens (including phenoxy) is 1. The summed E-state index contributed by atoms with van der Waals surface area (Å²) >= 11 is 1.76. The molecule has 1 fully saturated rings. The van der Waals surface area contributed by atoms with E-state index in [4.69, 9.17) is 10.5 Å². The molecule has 16 heavy (non-hydrogen) atoms. The SMILES string of the molecule is CCc1nc(CC2CCCCO2)sc1CN. The maximum Gasteiger partial charge on any atom is 0.0957 e. The number of nitrogens with two attached hydrogens (primary N) is 1. The van der Waals surface area contributed by atoms with Crippen molar-refractivity contribution in [3.05, 3.63) is 15.6 Å². The Bertz CT molecular complexity index is 310. The van der Waals surface area contributed by atoms with E-state index in [2.05, 4.69) is 11.9 Å². The zero-order chi connectivity index (χ0) is 11.4. The Hall–Kier alpha value is -0.450. The molecule has 1 aromatic rings. The number of hydrogen-bond acceptors (Lipinski definition) is 4. The zero-order valence-electron chi connectivity index (χ0n) is 9.87. The summed E-state index contributed by atoms with van der Waals surface area (Å²) < 4.78 is 5.73. The number of nitrogens with zero attached hydrogens (tertiary/aromatic N) is 1. The summed E-state index contributed by atoms with van der Waals surface area (Å²) in [6.07, 6.45) is 6.02. The molecule has 1 aromatic heterocycles. The van der Waals surface area contributed by atoms with Crippen LogP contribution in [0, 0.1) is 0 Å². The molecule has 1 aliphatic heterocycles. The van der Waals surface area contributed by atoms with Crippen molar-refractivity contribution in [3.8, 4) is 0 Å². The first-order chi connectivity index (χ1) is 7.83. The van der Waals surface area contributed by atoms with E-state index in [1.54, 1.807) is 11.3 Å². The van der Waals surface area contributed by atoms with Gasteiger partial charge in [0.2, 0.25) is 0 Å². The minimum atomic E-state index is 0.384. The number of hydrogen-bond donors (Lipinski definition) is 1. The van der Waals surface area contributed by atoms with Crippen LogP contribution in [0.25, 0.3) is 0 Å². The molecule has 3 nitrogen and oxygen atoms in total. The highest BCUT2D eigenvalue weighted by molar-refractivity contribution is 7.11. The van der Waals surface area contributed by atoms with Gasteiger partial charge in [-0.05, 0) is 25.7 Å². The summed E-state index contributed by atoms with van der Waals surface area (Å²) in [6, 6.07) is 0. The predicted molar refractivity (Wildman–Crippen MR) is 66.7 cm³/mol. The normalized spacial score (nSPS) is 21.2. The summed E-state index contributed by atoms with van der Waals surface area (Å²) in [4.78, 5) is 5.90. The number of aryl methyl sites for hydroxylation is 1. The second kappa shape index (κ2) is 5.75. The first-order valence-corrected chi connectivity index (χ1v) is 6.94. The summed E-state index contributed by atoms with van der Waals surface area (Å²) in [7, 11) is 0. The van der Waals surface area contributed by atoms with Gasteiger partial charge in [-0.1, -0.05) is 6.92 Å². The zero-order valence-corrected chi connectivity index (χ0v) is 10.7. The largest absolute Gasteiger partial charge is 0.378 e. The highest BCUT2D eigenvalue weighted by Gasteiger charge is 2.17. The van der Waals surface area contributed by atoms with Gasteiger partial charge in [0.05, 0.1) is 16.8 Å². The third kappa shape index (κ3) is 2.81. The van der Waals surface area contributed by atoms with Crippen LogP contribution in [-0.2, 0) is 24.1 Å². The van der Waals surface area contributed by atoms with E-state index in [-0.39, 0.29) is 0 Å². The summed E-state index contributed by atoms with van der Waals surface area (Å²) in [5.74, 6) is 0. The quantitative estimate of drug-likeness (QED) is 0.878. The topological polar surface area (TPSA) is 48.1 Å². The molecule has 1 atom stereocenters. The van der Waals surface area contributed by atoms with Crippen LogP contribution >= 0.6 is 11.3 Å². The maximum absolute atomic E-state index is 5.73. The number of rotatable bonds is 4. The first kappa shape index (κ1) is 12.0. The molecule has 0 aromatic carbocycles. The van der Waals surface area contributed by atoms with Crippen molar-refractivity contribution >= 4 is 11.3 Å². The summed E-state index contributed by atoms with van der Waals surface area (Å²) in [5.41, 5.74) is 6.89. The lowest BCUT2D eigenvalue weighted by Crippen LogP contribution is -2.21. The van der Waals surface area contributed by atoms with Gasteiger partial charge in [0.25, 0.3) is 0 Å². The lowest BCUT2D eigenvalue weighted by molar-refractivity contribution is 0.0167. The first-order valence-electron chi connectivity index (χ1n) is 6.12. The Balaban J connectivity index is 2.00. The van der Waals surface area contributed by atoms with Gasteiger partial charge in [0.15, 0.2) is 0 Å². The average molecular weight is 240 g/mol. The maximum atomic E-state index is 5.73. The minimum absolute atomic E-state index is 0.384. The van der Waals surface area contributed by atoms with Crippen LogP contribution in [-0.4, -0.2) is 17.7 Å². The van der Waals surface area contributed by atoms with Crippen molar-refractivity contribution in [2.75, 3.05) is 6.61 Å². The Labute approximate surface area is 101 Å². The molecule has 0 radical (unpaired) electrons. The smallest absolute Gasteiger partial charge is 0.0957 e. The molecule has 0 aliphatic carbocycles. The Morgan fingerprint density at radius 2 is 2.38 bits per heavy atom. The molecule has 0 spiro atoms. The molecule has 0 bridgehead atoms. The molecule has 2 heterocycles. The molecular weight excluding hydrogens is 220 g/mol. The third-order valence-electron chi connectivity index (χ3n) is 3.02. The number of aromatic nitrogens is 1. The highest BCUT2D eigenvalue weighted by atomic mass is 32.1. The Morgan fingerprint density at radius 1 is 1.50 bits per heavy atom. The fraction of sp³-hybridized carbons (Fsp3) is 0.750. The van der Waals surface area contributed by atoms with Crippen molar-refractivity contribution < 1.29 is 4.74 Å². The van der Waals surface area contributed by atoms with E-state index in [0.717, 1.165) is 19.4 Å². The van der Waals surface area contributed by atoms with Crippen molar-refractivity contribution in [2.45, 2.75) is 51.7 Å². The van der Waals surface area contributed by atoms with Crippen LogP contribution in [0.3, 0.4) is 0 Å². The molecule has 1 saturated heterocycles. The van der Waals surface area contributed by atoms with E-state index in [1.165, 1.54) is 34.8 Å². The molecule has 90 valence electrons. The fourth-order valence-corrected chi connectivity index (χ4v) is 3.22. The molecule has 1 unspecified atom stereocenters. The van der Waals surface area contributed by atoms with E-state index < -0.39 is 0 Å². The summed E-state index contributed by atoms with van der Waals surface area (Å²) in [5, 5.41) is 1.20. The predicted octanol–water partition coefficient (Wildman–Crippen LogP) is 2.28. The van der Waals surface area contributed by atoms with Crippen LogP contribution in [0.2, 0.25) is 0 Å². The van der Waals surface area contributed by atoms with Gasteiger partial charge in [-0.25, -0.2) is 4.98 Å². The van der Waals surface area contributed by atoms with Gasteiger partial charge >= 0.3 is 0 Å². The van der Waals surface area contributed by atoms with E-state index in [9.17, 15) is 0 Å². The van der Waals surface area contributed by atoms with Crippen molar-refractivity contribution in [3.63, 3.8) is 0 Å². The van der Waals surface area contributed by atoms with Gasteiger partial charge in [-0.3, -0.25) is 0 Å². The van der Waals surface area contributed by atoms with Crippen LogP contribution in [0.5, 0.6) is 0 Å². The Morgan fingerprint density at radius 3 is 2.94 bits per heavy atom. The van der Waals surface area contributed by atoms with Gasteiger partial charge < -0.3 is 10.5 Å². The molecule has 4 heteroatoms. The van der Waals surface area contributed by atoms with Gasteiger partial charge in [0.1, 0.15) is 0 Å². The minimum Gasteiger partial charge on any atom is -0.378 e. The molecule has 2 N–H and O–H groups in total. The van der Waals surface area contributed by atoms with Crippen LogP contribution in [0.4, 0.5) is 0 Å². The molecule has 2 rings (SSSR count). The lowest BCUT2D eigenvalue weighted by Gasteiger charge is -2.21. The second-order valence-electron chi connectivity index (χ2n) is 4.23. The average Bonchev–Trinajstić information content (AvgIpc) is 2.72. The highest BCUT2D eigenvalue weighted by Crippen LogP contribution is 2.23. The molecular formula is C12H20N2OS. The lowest BCUT2D eigenvalue weighted by atomic mass is 10.1. The molecule has 0 saturated carbocycles. The fourth-order valence-electron chi connectivity index (χ4n) is 2.12. The van der Waals surface area contributed by atoms with Crippen molar-refractivity contribution in [1.29, 1.82) is 0 Å². The van der Waals surface area contributed by atoms with E-state index in [0.29, 0.717) is 12.6 Å². The monoisotopic (exact) mass is 240 g/mol. The third-order valence-corrected chi connectivity index (χ3v) is 4.16. The Kier molecular flexibility index (Phi) is 4.32. The van der Waals surface area contributed by atoms with Crippen LogP contribution in [0.15, 0.2) is 0 Å². The van der Waals surface area contributed by atoms with Gasteiger partial charge in [-0.15, -0.1) is 11.3 Å². The van der Waals surface area contributed by atoms with Gasteiger partial charge in [0, 0.05) is 24.4 Å².